The van der Waals surface area contributed by atoms with Crippen molar-refractivity contribution in [2.75, 3.05) is 6.54 Å². The van der Waals surface area contributed by atoms with E-state index in [4.69, 9.17) is 0 Å². The Balaban J connectivity index is 2.04. The third-order valence-electron chi connectivity index (χ3n) is 3.20. The Morgan fingerprint density at radius 3 is 3.00 bits per heavy atom. The number of aryl methyl sites for hydroxylation is 1. The van der Waals surface area contributed by atoms with Crippen LogP contribution in [0.2, 0.25) is 0 Å². The van der Waals surface area contributed by atoms with Crippen molar-refractivity contribution < 1.29 is 18.3 Å². The Labute approximate surface area is 120 Å². The van der Waals surface area contributed by atoms with Crippen LogP contribution in [0.25, 0.3) is 0 Å². The Morgan fingerprint density at radius 1 is 1.60 bits per heavy atom. The summed E-state index contributed by atoms with van der Waals surface area (Å²) in [6.45, 7) is 1.73. The molecule has 2 unspecified atom stereocenters. The minimum absolute atomic E-state index is 0.0398. The number of nitrogens with one attached hydrogen (secondary N) is 2. The Kier molecular flexibility index (Phi) is 4.93. The molecule has 1 aliphatic heterocycles. The molecule has 0 aliphatic carbocycles. The van der Waals surface area contributed by atoms with Gasteiger partial charge in [0.05, 0.1) is 0 Å². The van der Waals surface area contributed by atoms with E-state index >= 15 is 0 Å². The molecule has 4 nitrogen and oxygen atoms in total. The number of ether oxygens (including phenoxy) is 1. The van der Waals surface area contributed by atoms with Crippen molar-refractivity contribution in [1.29, 1.82) is 0 Å². The molecule has 1 aromatic heterocycles. The number of hydrogen-bond donors (Lipinski definition) is 2. The van der Waals surface area contributed by atoms with Gasteiger partial charge >= 0.3 is 6.61 Å². The highest BCUT2D eigenvalue weighted by Crippen LogP contribution is 2.30. The van der Waals surface area contributed by atoms with E-state index in [-0.39, 0.29) is 22.6 Å². The summed E-state index contributed by atoms with van der Waals surface area (Å²) < 4.78 is 29.1. The monoisotopic (exact) mass is 304 g/mol. The first-order valence-electron chi connectivity index (χ1n) is 6.55. The second kappa shape index (κ2) is 6.49. The highest BCUT2D eigenvalue weighted by molar-refractivity contribution is 7.14. The zero-order valence-corrected chi connectivity index (χ0v) is 12.2. The van der Waals surface area contributed by atoms with Gasteiger partial charge in [0, 0.05) is 17.0 Å². The fraction of sp³-hybridized carbons (Fsp3) is 0.615. The smallest absolute Gasteiger partial charge is 0.387 e. The number of alkyl halides is 2. The number of carbonyl (C=O) groups is 1. The van der Waals surface area contributed by atoms with Crippen LogP contribution in [-0.2, 0) is 0 Å². The standard InChI is InChI=1S/C13H18F2N2O2S/c1-7-5-9(3-4-16-7)17-12(18)11-10(19-13(14)15)6-8(2)20-11/h6-7,9,13,16H,3-5H2,1-2H3,(H,17,18). The number of halogens is 2. The highest BCUT2D eigenvalue weighted by atomic mass is 32.1. The lowest BCUT2D eigenvalue weighted by molar-refractivity contribution is -0.0498. The van der Waals surface area contributed by atoms with Gasteiger partial charge in [-0.1, -0.05) is 0 Å². The van der Waals surface area contributed by atoms with E-state index in [1.807, 2.05) is 0 Å². The molecule has 2 heterocycles. The van der Waals surface area contributed by atoms with E-state index in [0.29, 0.717) is 6.04 Å². The average molecular weight is 304 g/mol. The predicted octanol–water partition coefficient (Wildman–Crippen LogP) is 2.53. The van der Waals surface area contributed by atoms with E-state index in [1.54, 1.807) is 6.92 Å². The van der Waals surface area contributed by atoms with Gasteiger partial charge in [-0.25, -0.2) is 0 Å². The van der Waals surface area contributed by atoms with Gasteiger partial charge in [-0.3, -0.25) is 4.79 Å². The molecule has 0 saturated carbocycles. The topological polar surface area (TPSA) is 50.4 Å². The highest BCUT2D eigenvalue weighted by Gasteiger charge is 2.24. The molecule has 0 radical (unpaired) electrons. The van der Waals surface area contributed by atoms with E-state index in [0.717, 1.165) is 24.3 Å². The van der Waals surface area contributed by atoms with Crippen LogP contribution < -0.4 is 15.4 Å². The van der Waals surface area contributed by atoms with Crippen LogP contribution in [0.5, 0.6) is 5.75 Å². The Bertz CT molecular complexity index is 479. The molecule has 1 aliphatic rings. The third kappa shape index (κ3) is 3.89. The minimum atomic E-state index is -2.92. The van der Waals surface area contributed by atoms with E-state index < -0.39 is 6.61 Å². The van der Waals surface area contributed by atoms with Crippen molar-refractivity contribution in [3.63, 3.8) is 0 Å². The lowest BCUT2D eigenvalue weighted by Crippen LogP contribution is -2.46. The first kappa shape index (κ1) is 15.2. The summed E-state index contributed by atoms with van der Waals surface area (Å²) in [7, 11) is 0. The molecule has 1 aromatic rings. The molecule has 20 heavy (non-hydrogen) atoms. The van der Waals surface area contributed by atoms with Crippen molar-refractivity contribution in [2.45, 2.75) is 45.4 Å². The quantitative estimate of drug-likeness (QED) is 0.899. The second-order valence-corrected chi connectivity index (χ2v) is 6.24. The van der Waals surface area contributed by atoms with Crippen LogP contribution >= 0.6 is 11.3 Å². The predicted molar refractivity (Wildman–Crippen MR) is 73.6 cm³/mol. The molecule has 2 N–H and O–H groups in total. The van der Waals surface area contributed by atoms with Gasteiger partial charge in [-0.2, -0.15) is 8.78 Å². The normalized spacial score (nSPS) is 22.9. The van der Waals surface area contributed by atoms with Crippen LogP contribution in [-0.4, -0.2) is 31.1 Å². The molecule has 0 bridgehead atoms. The molecular formula is C13H18F2N2O2S. The zero-order valence-electron chi connectivity index (χ0n) is 11.4. The van der Waals surface area contributed by atoms with Gasteiger partial charge in [-0.15, -0.1) is 11.3 Å². The summed E-state index contributed by atoms with van der Waals surface area (Å²) in [4.78, 5) is 13.2. The molecule has 1 fully saturated rings. The first-order chi connectivity index (χ1) is 9.45. The van der Waals surface area contributed by atoms with Gasteiger partial charge in [-0.05, 0) is 39.3 Å². The summed E-state index contributed by atoms with van der Waals surface area (Å²) in [5, 5.41) is 6.19. The fourth-order valence-corrected chi connectivity index (χ4v) is 3.19. The van der Waals surface area contributed by atoms with Crippen LogP contribution in [0.3, 0.4) is 0 Å². The summed E-state index contributed by atoms with van der Waals surface area (Å²) in [5.74, 6) is -0.375. The average Bonchev–Trinajstić information content (AvgIpc) is 2.69. The van der Waals surface area contributed by atoms with Gasteiger partial charge in [0.25, 0.3) is 5.91 Å². The SMILES string of the molecule is Cc1cc(OC(F)F)c(C(=O)NC2CCNC(C)C2)s1. The first-order valence-corrected chi connectivity index (χ1v) is 7.37. The molecule has 112 valence electrons. The van der Waals surface area contributed by atoms with Gasteiger partial charge < -0.3 is 15.4 Å². The summed E-state index contributed by atoms with van der Waals surface area (Å²) in [5.41, 5.74) is 0. The minimum Gasteiger partial charge on any atom is -0.433 e. The lowest BCUT2D eigenvalue weighted by atomic mass is 10.0. The van der Waals surface area contributed by atoms with Crippen molar-refractivity contribution >= 4 is 17.2 Å². The van der Waals surface area contributed by atoms with Crippen molar-refractivity contribution in [1.82, 2.24) is 10.6 Å². The number of carbonyl (C=O) groups excluding carboxylic acids is 1. The van der Waals surface area contributed by atoms with Crippen molar-refractivity contribution in [3.8, 4) is 5.75 Å². The number of thiophene rings is 1. The van der Waals surface area contributed by atoms with E-state index in [1.165, 1.54) is 17.4 Å². The van der Waals surface area contributed by atoms with Crippen LogP contribution in [0.4, 0.5) is 8.78 Å². The molecular weight excluding hydrogens is 286 g/mol. The number of piperidine rings is 1. The van der Waals surface area contributed by atoms with Crippen LogP contribution in [0.15, 0.2) is 6.07 Å². The Morgan fingerprint density at radius 2 is 2.35 bits per heavy atom. The summed E-state index contributed by atoms with van der Waals surface area (Å²) >= 11 is 1.17. The maximum atomic E-state index is 12.3. The fourth-order valence-electron chi connectivity index (χ4n) is 2.35. The molecule has 1 amide bonds. The van der Waals surface area contributed by atoms with Crippen LogP contribution in [0, 0.1) is 6.92 Å². The Hall–Kier alpha value is -1.21. The largest absolute Gasteiger partial charge is 0.433 e. The van der Waals surface area contributed by atoms with Gasteiger partial charge in [0.15, 0.2) is 0 Å². The van der Waals surface area contributed by atoms with Crippen molar-refractivity contribution in [3.05, 3.63) is 15.8 Å². The van der Waals surface area contributed by atoms with E-state index in [2.05, 4.69) is 22.3 Å². The lowest BCUT2D eigenvalue weighted by Gasteiger charge is -2.28. The number of rotatable bonds is 4. The number of amides is 1. The summed E-state index contributed by atoms with van der Waals surface area (Å²) in [6.07, 6.45) is 1.67. The van der Waals surface area contributed by atoms with E-state index in [9.17, 15) is 13.6 Å². The molecule has 2 rings (SSSR count). The van der Waals surface area contributed by atoms with Gasteiger partial charge in [0.2, 0.25) is 0 Å². The maximum Gasteiger partial charge on any atom is 0.387 e. The molecule has 7 heteroatoms. The van der Waals surface area contributed by atoms with Crippen molar-refractivity contribution in [2.24, 2.45) is 0 Å². The summed E-state index contributed by atoms with van der Waals surface area (Å²) in [6, 6.07) is 1.88. The van der Waals surface area contributed by atoms with Gasteiger partial charge in [0.1, 0.15) is 10.6 Å². The molecule has 0 aromatic carbocycles. The molecule has 2 atom stereocenters. The second-order valence-electron chi connectivity index (χ2n) is 4.98. The molecule has 0 spiro atoms. The number of hydrogen-bond acceptors (Lipinski definition) is 4. The molecule has 1 saturated heterocycles. The zero-order chi connectivity index (χ0) is 14.7. The van der Waals surface area contributed by atoms with Crippen LogP contribution in [0.1, 0.15) is 34.3 Å². The maximum absolute atomic E-state index is 12.3. The third-order valence-corrected chi connectivity index (χ3v) is 4.23.